The van der Waals surface area contributed by atoms with Crippen LogP contribution in [-0.2, 0) is 19.9 Å². The molecule has 2 aromatic rings. The fourth-order valence-electron chi connectivity index (χ4n) is 1.51. The Labute approximate surface area is 88.8 Å². The summed E-state index contributed by atoms with van der Waals surface area (Å²) in [5, 5.41) is 0. The Bertz CT molecular complexity index is 433. The molecule has 2 heterocycles. The van der Waals surface area contributed by atoms with Gasteiger partial charge in [-0.1, -0.05) is 6.07 Å². The van der Waals surface area contributed by atoms with Gasteiger partial charge in [0.05, 0.1) is 6.20 Å². The van der Waals surface area contributed by atoms with Crippen molar-refractivity contribution < 1.29 is 0 Å². The van der Waals surface area contributed by atoms with Crippen LogP contribution in [0.1, 0.15) is 11.3 Å². The molecule has 15 heavy (non-hydrogen) atoms. The van der Waals surface area contributed by atoms with Crippen LogP contribution in [0, 0.1) is 0 Å². The van der Waals surface area contributed by atoms with Crippen molar-refractivity contribution in [1.82, 2.24) is 14.5 Å². The van der Waals surface area contributed by atoms with Gasteiger partial charge in [0.15, 0.2) is 5.95 Å². The van der Waals surface area contributed by atoms with Gasteiger partial charge >= 0.3 is 0 Å². The van der Waals surface area contributed by atoms with E-state index in [1.165, 1.54) is 5.56 Å². The summed E-state index contributed by atoms with van der Waals surface area (Å²) in [6.07, 6.45) is 7.40. The van der Waals surface area contributed by atoms with E-state index in [1.54, 1.807) is 6.20 Å². The molecule has 0 aromatic carbocycles. The average Bonchev–Trinajstić information content (AvgIpc) is 2.59. The van der Waals surface area contributed by atoms with Crippen molar-refractivity contribution in [2.24, 2.45) is 7.05 Å². The molecule has 0 saturated carbocycles. The predicted molar refractivity (Wildman–Crippen MR) is 59.3 cm³/mol. The third-order valence-corrected chi connectivity index (χ3v) is 2.51. The maximum Gasteiger partial charge on any atom is 0.200 e. The van der Waals surface area contributed by atoms with E-state index in [0.29, 0.717) is 5.95 Å². The second kappa shape index (κ2) is 4.13. The summed E-state index contributed by atoms with van der Waals surface area (Å²) in [5.41, 5.74) is 8.03. The second-order valence-electron chi connectivity index (χ2n) is 3.53. The Morgan fingerprint density at radius 1 is 1.33 bits per heavy atom. The maximum atomic E-state index is 5.65. The number of anilines is 1. The zero-order chi connectivity index (χ0) is 10.7. The molecule has 78 valence electrons. The van der Waals surface area contributed by atoms with Gasteiger partial charge in [0.25, 0.3) is 0 Å². The monoisotopic (exact) mass is 202 g/mol. The molecule has 4 nitrogen and oxygen atoms in total. The molecule has 4 heteroatoms. The smallest absolute Gasteiger partial charge is 0.200 e. The maximum absolute atomic E-state index is 5.65. The highest BCUT2D eigenvalue weighted by Crippen LogP contribution is 2.08. The predicted octanol–water partition coefficient (Wildman–Crippen LogP) is 1.18. The van der Waals surface area contributed by atoms with Crippen LogP contribution < -0.4 is 5.73 Å². The van der Waals surface area contributed by atoms with E-state index in [2.05, 4.69) is 16.0 Å². The van der Waals surface area contributed by atoms with E-state index in [1.807, 2.05) is 30.1 Å². The van der Waals surface area contributed by atoms with Crippen molar-refractivity contribution in [3.63, 3.8) is 0 Å². The molecule has 0 aliphatic heterocycles. The highest BCUT2D eigenvalue weighted by Gasteiger charge is 2.03. The van der Waals surface area contributed by atoms with Crippen molar-refractivity contribution in [2.75, 3.05) is 5.73 Å². The lowest BCUT2D eigenvalue weighted by molar-refractivity contribution is 0.805. The first kappa shape index (κ1) is 9.71. The molecule has 0 spiro atoms. The van der Waals surface area contributed by atoms with Crippen LogP contribution in [0.4, 0.5) is 5.95 Å². The summed E-state index contributed by atoms with van der Waals surface area (Å²) in [6.45, 7) is 0. The summed E-state index contributed by atoms with van der Waals surface area (Å²) in [7, 11) is 1.93. The van der Waals surface area contributed by atoms with Gasteiger partial charge in [-0.05, 0) is 24.5 Å². The van der Waals surface area contributed by atoms with Gasteiger partial charge in [-0.25, -0.2) is 4.98 Å². The van der Waals surface area contributed by atoms with Crippen LogP contribution in [-0.4, -0.2) is 14.5 Å². The van der Waals surface area contributed by atoms with E-state index in [9.17, 15) is 0 Å². The summed E-state index contributed by atoms with van der Waals surface area (Å²) in [4.78, 5) is 8.13. The lowest BCUT2D eigenvalue weighted by Gasteiger charge is -2.03. The first-order valence-corrected chi connectivity index (χ1v) is 4.92. The Kier molecular flexibility index (Phi) is 2.67. The minimum absolute atomic E-state index is 0.566. The molecule has 0 saturated heterocycles. The minimum atomic E-state index is 0.566. The molecule has 2 aromatic heterocycles. The van der Waals surface area contributed by atoms with Crippen LogP contribution in [0.5, 0.6) is 0 Å². The molecule has 0 amide bonds. The summed E-state index contributed by atoms with van der Waals surface area (Å²) in [6, 6.07) is 4.03. The number of aromatic nitrogens is 3. The molecular weight excluding hydrogens is 188 g/mol. The van der Waals surface area contributed by atoms with E-state index in [0.717, 1.165) is 18.5 Å². The number of hydrogen-bond donors (Lipinski definition) is 1. The fourth-order valence-corrected chi connectivity index (χ4v) is 1.51. The van der Waals surface area contributed by atoms with Gasteiger partial charge in [-0.15, -0.1) is 0 Å². The van der Waals surface area contributed by atoms with Crippen LogP contribution in [0.25, 0.3) is 0 Å². The van der Waals surface area contributed by atoms with Crippen LogP contribution in [0.2, 0.25) is 0 Å². The Balaban J connectivity index is 2.02. The molecule has 0 unspecified atom stereocenters. The normalized spacial score (nSPS) is 10.5. The molecule has 0 bridgehead atoms. The average molecular weight is 202 g/mol. The van der Waals surface area contributed by atoms with Crippen molar-refractivity contribution in [1.29, 1.82) is 0 Å². The number of rotatable bonds is 3. The Morgan fingerprint density at radius 3 is 2.80 bits per heavy atom. The number of imidazole rings is 1. The lowest BCUT2D eigenvalue weighted by Crippen LogP contribution is -2.02. The SMILES string of the molecule is Cn1c(CCc2cccnc2)cnc1N. The topological polar surface area (TPSA) is 56.7 Å². The van der Waals surface area contributed by atoms with Gasteiger partial charge < -0.3 is 10.3 Å². The number of hydrogen-bond acceptors (Lipinski definition) is 3. The zero-order valence-electron chi connectivity index (χ0n) is 8.72. The molecular formula is C11H14N4. The lowest BCUT2D eigenvalue weighted by atomic mass is 10.1. The third-order valence-electron chi connectivity index (χ3n) is 2.51. The quantitative estimate of drug-likeness (QED) is 0.813. The minimum Gasteiger partial charge on any atom is -0.369 e. The Morgan fingerprint density at radius 2 is 2.20 bits per heavy atom. The number of nitrogen functional groups attached to an aromatic ring is 1. The molecule has 0 aliphatic rings. The van der Waals surface area contributed by atoms with Crippen molar-refractivity contribution in [3.8, 4) is 0 Å². The summed E-state index contributed by atoms with van der Waals surface area (Å²) >= 11 is 0. The fraction of sp³-hybridized carbons (Fsp3) is 0.273. The third kappa shape index (κ3) is 2.15. The molecule has 0 atom stereocenters. The first-order chi connectivity index (χ1) is 7.27. The number of nitrogens with two attached hydrogens (primary N) is 1. The highest BCUT2D eigenvalue weighted by molar-refractivity contribution is 5.22. The molecule has 0 aliphatic carbocycles. The summed E-state index contributed by atoms with van der Waals surface area (Å²) in [5.74, 6) is 0.566. The second-order valence-corrected chi connectivity index (χ2v) is 3.53. The van der Waals surface area contributed by atoms with E-state index in [4.69, 9.17) is 5.73 Å². The molecule has 2 rings (SSSR count). The first-order valence-electron chi connectivity index (χ1n) is 4.92. The van der Waals surface area contributed by atoms with Gasteiger partial charge in [0.2, 0.25) is 0 Å². The van der Waals surface area contributed by atoms with Crippen molar-refractivity contribution in [3.05, 3.63) is 42.0 Å². The number of nitrogens with zero attached hydrogens (tertiary/aromatic N) is 3. The standard InChI is InChI=1S/C11H14N4/c1-15-10(8-14-11(15)12)5-4-9-3-2-6-13-7-9/h2-3,6-8H,4-5H2,1H3,(H2,12,14). The Hall–Kier alpha value is -1.84. The van der Waals surface area contributed by atoms with Crippen molar-refractivity contribution in [2.45, 2.75) is 12.8 Å². The molecule has 0 fully saturated rings. The van der Waals surface area contributed by atoms with E-state index in [-0.39, 0.29) is 0 Å². The van der Waals surface area contributed by atoms with Gasteiger partial charge in [0.1, 0.15) is 0 Å². The number of aryl methyl sites for hydroxylation is 2. The molecule has 2 N–H and O–H groups in total. The van der Waals surface area contributed by atoms with Gasteiger partial charge in [-0.2, -0.15) is 0 Å². The van der Waals surface area contributed by atoms with Gasteiger partial charge in [-0.3, -0.25) is 4.98 Å². The largest absolute Gasteiger partial charge is 0.369 e. The van der Waals surface area contributed by atoms with E-state index < -0.39 is 0 Å². The highest BCUT2D eigenvalue weighted by atomic mass is 15.1. The zero-order valence-corrected chi connectivity index (χ0v) is 8.72. The van der Waals surface area contributed by atoms with Crippen LogP contribution in [0.15, 0.2) is 30.7 Å². The molecule has 0 radical (unpaired) electrons. The van der Waals surface area contributed by atoms with Gasteiger partial charge in [0, 0.05) is 25.1 Å². The van der Waals surface area contributed by atoms with Crippen LogP contribution in [0.3, 0.4) is 0 Å². The number of pyridine rings is 1. The van der Waals surface area contributed by atoms with Crippen LogP contribution >= 0.6 is 0 Å². The van der Waals surface area contributed by atoms with E-state index >= 15 is 0 Å². The van der Waals surface area contributed by atoms with Crippen molar-refractivity contribution >= 4 is 5.95 Å². The summed E-state index contributed by atoms with van der Waals surface area (Å²) < 4.78 is 1.91.